The van der Waals surface area contributed by atoms with Gasteiger partial charge in [-0.2, -0.15) is 17.4 Å². The zero-order chi connectivity index (χ0) is 14.5. The molecule has 1 atom stereocenters. The Morgan fingerprint density at radius 2 is 1.95 bits per heavy atom. The molecule has 0 aliphatic rings. The average Bonchev–Trinajstić information content (AvgIpc) is 2.36. The van der Waals surface area contributed by atoms with Crippen molar-refractivity contribution in [2.45, 2.75) is 26.4 Å². The maximum Gasteiger partial charge on any atom is 0.279 e. The number of benzene rings is 1. The summed E-state index contributed by atoms with van der Waals surface area (Å²) in [5, 5.41) is 0. The van der Waals surface area contributed by atoms with Crippen LogP contribution < -0.4 is 9.46 Å². The summed E-state index contributed by atoms with van der Waals surface area (Å²) in [7, 11) is -0.419. The second kappa shape index (κ2) is 6.88. The molecule has 0 bridgehead atoms. The maximum atomic E-state index is 11.6. The van der Waals surface area contributed by atoms with Crippen molar-refractivity contribution < 1.29 is 13.2 Å². The Morgan fingerprint density at radius 1 is 1.32 bits per heavy atom. The third-order valence-corrected chi connectivity index (χ3v) is 4.31. The van der Waals surface area contributed by atoms with Crippen LogP contribution in [0.2, 0.25) is 0 Å². The second-order valence-corrected chi connectivity index (χ2v) is 6.52. The van der Waals surface area contributed by atoms with E-state index in [4.69, 9.17) is 4.74 Å². The smallest absolute Gasteiger partial charge is 0.279 e. The van der Waals surface area contributed by atoms with Crippen molar-refractivity contribution in [3.63, 3.8) is 0 Å². The molecule has 19 heavy (non-hydrogen) atoms. The van der Waals surface area contributed by atoms with E-state index in [0.717, 1.165) is 22.0 Å². The van der Waals surface area contributed by atoms with Crippen LogP contribution in [0.4, 0.5) is 0 Å². The summed E-state index contributed by atoms with van der Waals surface area (Å²) in [6, 6.07) is 7.70. The van der Waals surface area contributed by atoms with Crippen LogP contribution in [-0.4, -0.2) is 39.5 Å². The minimum absolute atomic E-state index is 0.184. The fourth-order valence-corrected chi connectivity index (χ4v) is 2.12. The molecule has 1 N–H and O–H groups in total. The molecule has 0 spiro atoms. The molecular weight excluding hydrogens is 264 g/mol. The number of nitrogens with zero attached hydrogens (tertiary/aromatic N) is 1. The van der Waals surface area contributed by atoms with Gasteiger partial charge >= 0.3 is 0 Å². The fourth-order valence-electron chi connectivity index (χ4n) is 1.46. The summed E-state index contributed by atoms with van der Waals surface area (Å²) in [6.45, 7) is 4.18. The number of hydrogen-bond acceptors (Lipinski definition) is 3. The highest BCUT2D eigenvalue weighted by molar-refractivity contribution is 7.87. The molecule has 0 heterocycles. The van der Waals surface area contributed by atoms with E-state index >= 15 is 0 Å². The van der Waals surface area contributed by atoms with Gasteiger partial charge in [-0.15, -0.1) is 0 Å². The van der Waals surface area contributed by atoms with E-state index < -0.39 is 10.2 Å². The van der Waals surface area contributed by atoms with Crippen molar-refractivity contribution in [1.29, 1.82) is 0 Å². The molecule has 0 amide bonds. The first-order chi connectivity index (χ1) is 8.86. The molecule has 6 heteroatoms. The topological polar surface area (TPSA) is 58.6 Å². The van der Waals surface area contributed by atoms with E-state index in [-0.39, 0.29) is 12.6 Å². The number of rotatable bonds is 7. The first kappa shape index (κ1) is 15.9. The predicted molar refractivity (Wildman–Crippen MR) is 76.5 cm³/mol. The summed E-state index contributed by atoms with van der Waals surface area (Å²) in [6.07, 6.45) is 0.542. The Kier molecular flexibility index (Phi) is 5.78. The van der Waals surface area contributed by atoms with Gasteiger partial charge in [-0.25, -0.2) is 0 Å². The molecule has 0 saturated heterocycles. The molecule has 108 valence electrons. The lowest BCUT2D eigenvalue weighted by molar-refractivity contribution is 0.198. The number of hydrogen-bond donors (Lipinski definition) is 1. The molecular formula is C13H22N2O3S. The maximum absolute atomic E-state index is 11.6. The molecule has 0 fully saturated rings. The zero-order valence-corrected chi connectivity index (χ0v) is 12.7. The van der Waals surface area contributed by atoms with Gasteiger partial charge in [0.15, 0.2) is 0 Å². The van der Waals surface area contributed by atoms with E-state index in [1.54, 1.807) is 0 Å². The van der Waals surface area contributed by atoms with Crippen LogP contribution in [0.3, 0.4) is 0 Å². The van der Waals surface area contributed by atoms with Crippen molar-refractivity contribution in [3.8, 4) is 5.75 Å². The number of nitrogens with one attached hydrogen (secondary N) is 1. The Balaban J connectivity index is 2.63. The zero-order valence-electron chi connectivity index (χ0n) is 11.9. The van der Waals surface area contributed by atoms with E-state index in [1.807, 2.05) is 38.1 Å². The molecule has 1 aromatic rings. The van der Waals surface area contributed by atoms with Gasteiger partial charge in [0.2, 0.25) is 0 Å². The van der Waals surface area contributed by atoms with Crippen LogP contribution in [0.1, 0.15) is 18.9 Å². The standard InChI is InChI=1S/C13H22N2O3S/c1-5-12(10-14-19(16,17)15(3)4)18-13-9-7-6-8-11(13)2/h6-9,12,14H,5,10H2,1-4H3/t12-/m0/s1. The monoisotopic (exact) mass is 286 g/mol. The van der Waals surface area contributed by atoms with Crippen LogP contribution in [0.25, 0.3) is 0 Å². The molecule has 0 aliphatic carbocycles. The average molecular weight is 286 g/mol. The van der Waals surface area contributed by atoms with Gasteiger partial charge in [0, 0.05) is 20.6 Å². The molecule has 1 rings (SSSR count). The molecule has 5 nitrogen and oxygen atoms in total. The number of para-hydroxylation sites is 1. The van der Waals surface area contributed by atoms with Crippen LogP contribution in [-0.2, 0) is 10.2 Å². The van der Waals surface area contributed by atoms with Crippen LogP contribution in [0, 0.1) is 6.92 Å². The van der Waals surface area contributed by atoms with Crippen molar-refractivity contribution in [2.75, 3.05) is 20.6 Å². The summed E-state index contributed by atoms with van der Waals surface area (Å²) >= 11 is 0. The normalized spacial score (nSPS) is 13.5. The third-order valence-electron chi connectivity index (χ3n) is 2.82. The third kappa shape index (κ3) is 4.81. The van der Waals surface area contributed by atoms with Gasteiger partial charge in [0.25, 0.3) is 10.2 Å². The van der Waals surface area contributed by atoms with E-state index in [9.17, 15) is 8.42 Å². The number of aryl methyl sites for hydroxylation is 1. The Hall–Kier alpha value is -1.11. The lowest BCUT2D eigenvalue weighted by Gasteiger charge is -2.20. The van der Waals surface area contributed by atoms with Crippen LogP contribution in [0.5, 0.6) is 5.75 Å². The van der Waals surface area contributed by atoms with Crippen LogP contribution >= 0.6 is 0 Å². The van der Waals surface area contributed by atoms with E-state index in [2.05, 4.69) is 4.72 Å². The molecule has 0 aromatic heterocycles. The Labute approximate surface area is 115 Å². The SMILES string of the molecule is CC[C@@H](CNS(=O)(=O)N(C)C)Oc1ccccc1C. The van der Waals surface area contributed by atoms with Gasteiger partial charge in [0.05, 0.1) is 0 Å². The summed E-state index contributed by atoms with van der Waals surface area (Å²) < 4.78 is 32.8. The van der Waals surface area contributed by atoms with Gasteiger partial charge in [-0.3, -0.25) is 0 Å². The second-order valence-electron chi connectivity index (χ2n) is 4.55. The largest absolute Gasteiger partial charge is 0.489 e. The van der Waals surface area contributed by atoms with Crippen LogP contribution in [0.15, 0.2) is 24.3 Å². The predicted octanol–water partition coefficient (Wildman–Crippen LogP) is 1.55. The molecule has 1 aromatic carbocycles. The lowest BCUT2D eigenvalue weighted by Crippen LogP contribution is -2.41. The van der Waals surface area contributed by atoms with Crippen molar-refractivity contribution in [3.05, 3.63) is 29.8 Å². The highest BCUT2D eigenvalue weighted by Gasteiger charge is 2.16. The van der Waals surface area contributed by atoms with Crippen molar-refractivity contribution in [1.82, 2.24) is 9.03 Å². The molecule has 0 aliphatic heterocycles. The van der Waals surface area contributed by atoms with Gasteiger partial charge in [0.1, 0.15) is 11.9 Å². The first-order valence-corrected chi connectivity index (χ1v) is 7.70. The van der Waals surface area contributed by atoms with Gasteiger partial charge in [-0.05, 0) is 25.0 Å². The molecule has 0 unspecified atom stereocenters. The molecule has 0 radical (unpaired) electrons. The summed E-state index contributed by atoms with van der Waals surface area (Å²) in [4.78, 5) is 0. The molecule has 0 saturated carbocycles. The lowest BCUT2D eigenvalue weighted by atomic mass is 10.2. The van der Waals surface area contributed by atoms with Crippen molar-refractivity contribution >= 4 is 10.2 Å². The summed E-state index contributed by atoms with van der Waals surface area (Å²) in [5.41, 5.74) is 1.04. The van der Waals surface area contributed by atoms with Gasteiger partial charge in [-0.1, -0.05) is 25.1 Å². The summed E-state index contributed by atoms with van der Waals surface area (Å²) in [5.74, 6) is 0.790. The van der Waals surface area contributed by atoms with E-state index in [0.29, 0.717) is 0 Å². The minimum Gasteiger partial charge on any atom is -0.489 e. The van der Waals surface area contributed by atoms with Gasteiger partial charge < -0.3 is 4.74 Å². The Bertz CT molecular complexity index is 500. The highest BCUT2D eigenvalue weighted by Crippen LogP contribution is 2.18. The minimum atomic E-state index is -3.40. The quantitative estimate of drug-likeness (QED) is 0.827. The fraction of sp³-hybridized carbons (Fsp3) is 0.538. The van der Waals surface area contributed by atoms with E-state index in [1.165, 1.54) is 14.1 Å². The van der Waals surface area contributed by atoms with Crippen molar-refractivity contribution in [2.24, 2.45) is 0 Å². The Morgan fingerprint density at radius 3 is 2.47 bits per heavy atom. The highest BCUT2D eigenvalue weighted by atomic mass is 32.2. The first-order valence-electron chi connectivity index (χ1n) is 6.26. The number of ether oxygens (including phenoxy) is 1.